The van der Waals surface area contributed by atoms with Crippen LogP contribution >= 0.6 is 0 Å². The van der Waals surface area contributed by atoms with Crippen LogP contribution in [0.25, 0.3) is 11.1 Å². The average Bonchev–Trinajstić information content (AvgIpc) is 2.48. The van der Waals surface area contributed by atoms with E-state index in [-0.39, 0.29) is 6.10 Å². The van der Waals surface area contributed by atoms with Gasteiger partial charge in [-0.15, -0.1) is 0 Å². The molecule has 3 rings (SSSR count). The molecule has 2 nitrogen and oxygen atoms in total. The smallest absolute Gasteiger partial charge is 0.0952 e. The molecule has 0 unspecified atom stereocenters. The average molecular weight is 253 g/mol. The SMILES string of the molecule is CNC[C@@H]1OCCc2c(-c3ccccc3)cccc21. The molecule has 0 radical (unpaired) electrons. The van der Waals surface area contributed by atoms with Crippen molar-refractivity contribution in [2.75, 3.05) is 20.2 Å². The Bertz CT molecular complexity index is 550. The fourth-order valence-electron chi connectivity index (χ4n) is 2.82. The maximum absolute atomic E-state index is 5.87. The molecule has 19 heavy (non-hydrogen) atoms. The minimum absolute atomic E-state index is 0.178. The molecular formula is C17H19NO. The van der Waals surface area contributed by atoms with Crippen molar-refractivity contribution in [2.45, 2.75) is 12.5 Å². The second-order valence-corrected chi connectivity index (χ2v) is 4.91. The van der Waals surface area contributed by atoms with Gasteiger partial charge in [0.2, 0.25) is 0 Å². The maximum Gasteiger partial charge on any atom is 0.0952 e. The van der Waals surface area contributed by atoms with Crippen molar-refractivity contribution >= 4 is 0 Å². The lowest BCUT2D eigenvalue weighted by Crippen LogP contribution is -2.25. The molecular weight excluding hydrogens is 234 g/mol. The second kappa shape index (κ2) is 5.55. The van der Waals surface area contributed by atoms with Crippen LogP contribution in [0.4, 0.5) is 0 Å². The van der Waals surface area contributed by atoms with E-state index in [2.05, 4.69) is 53.8 Å². The topological polar surface area (TPSA) is 21.3 Å². The number of likely N-dealkylation sites (N-methyl/N-ethyl adjacent to an activating group) is 1. The van der Waals surface area contributed by atoms with E-state index in [0.717, 1.165) is 19.6 Å². The second-order valence-electron chi connectivity index (χ2n) is 4.91. The Balaban J connectivity index is 2.06. The molecule has 0 saturated heterocycles. The third kappa shape index (κ3) is 2.42. The summed E-state index contributed by atoms with van der Waals surface area (Å²) in [6.45, 7) is 1.68. The number of hydrogen-bond donors (Lipinski definition) is 1. The molecule has 2 aromatic rings. The van der Waals surface area contributed by atoms with Crippen LogP contribution in [-0.4, -0.2) is 20.2 Å². The molecule has 98 valence electrons. The van der Waals surface area contributed by atoms with Crippen LogP contribution in [0.2, 0.25) is 0 Å². The van der Waals surface area contributed by atoms with Gasteiger partial charge in [0.1, 0.15) is 0 Å². The summed E-state index contributed by atoms with van der Waals surface area (Å²) in [5, 5.41) is 3.21. The number of fused-ring (bicyclic) bond motifs is 1. The molecule has 0 amide bonds. The van der Waals surface area contributed by atoms with E-state index in [1.165, 1.54) is 22.3 Å². The fourth-order valence-corrected chi connectivity index (χ4v) is 2.82. The summed E-state index contributed by atoms with van der Waals surface area (Å²) in [6, 6.07) is 17.2. The molecule has 1 heterocycles. The van der Waals surface area contributed by atoms with Crippen LogP contribution in [0.5, 0.6) is 0 Å². The monoisotopic (exact) mass is 253 g/mol. The Morgan fingerprint density at radius 2 is 1.95 bits per heavy atom. The minimum Gasteiger partial charge on any atom is -0.372 e. The Labute approximate surface area is 114 Å². The normalized spacial score (nSPS) is 18.1. The molecule has 0 spiro atoms. The molecule has 0 saturated carbocycles. The first-order valence-corrected chi connectivity index (χ1v) is 6.83. The predicted octanol–water partition coefficient (Wildman–Crippen LogP) is 3.19. The Kier molecular flexibility index (Phi) is 3.62. The molecule has 0 bridgehead atoms. The first-order chi connectivity index (χ1) is 9.40. The highest BCUT2D eigenvalue weighted by atomic mass is 16.5. The van der Waals surface area contributed by atoms with Crippen molar-refractivity contribution in [3.63, 3.8) is 0 Å². The lowest BCUT2D eigenvalue weighted by atomic mass is 9.89. The zero-order valence-electron chi connectivity index (χ0n) is 11.2. The summed E-state index contributed by atoms with van der Waals surface area (Å²) in [5.41, 5.74) is 5.43. The van der Waals surface area contributed by atoms with E-state index in [1.54, 1.807) is 0 Å². The standard InChI is InChI=1S/C17H19NO/c1-18-12-17-16-9-5-8-14(15(16)10-11-19-17)13-6-3-2-4-7-13/h2-9,17-18H,10-12H2,1H3/t17-/m0/s1. The quantitative estimate of drug-likeness (QED) is 0.907. The number of ether oxygens (including phenoxy) is 1. The van der Waals surface area contributed by atoms with Gasteiger partial charge in [-0.3, -0.25) is 0 Å². The fraction of sp³-hybridized carbons (Fsp3) is 0.294. The van der Waals surface area contributed by atoms with Gasteiger partial charge in [0, 0.05) is 6.54 Å². The van der Waals surface area contributed by atoms with Gasteiger partial charge in [-0.1, -0.05) is 48.5 Å². The predicted molar refractivity (Wildman–Crippen MR) is 78.2 cm³/mol. The third-order valence-corrected chi connectivity index (χ3v) is 3.70. The van der Waals surface area contributed by atoms with Gasteiger partial charge in [-0.25, -0.2) is 0 Å². The van der Waals surface area contributed by atoms with Crippen LogP contribution < -0.4 is 5.32 Å². The van der Waals surface area contributed by atoms with Crippen molar-refractivity contribution in [1.82, 2.24) is 5.32 Å². The molecule has 1 aliphatic heterocycles. The summed E-state index contributed by atoms with van der Waals surface area (Å²) in [4.78, 5) is 0. The molecule has 2 aromatic carbocycles. The zero-order chi connectivity index (χ0) is 13.1. The van der Waals surface area contributed by atoms with Crippen LogP contribution in [0.15, 0.2) is 48.5 Å². The van der Waals surface area contributed by atoms with E-state index in [0.29, 0.717) is 0 Å². The third-order valence-electron chi connectivity index (χ3n) is 3.70. The van der Waals surface area contributed by atoms with Gasteiger partial charge in [0.25, 0.3) is 0 Å². The summed E-state index contributed by atoms with van der Waals surface area (Å²) >= 11 is 0. The Morgan fingerprint density at radius 3 is 2.74 bits per heavy atom. The summed E-state index contributed by atoms with van der Waals surface area (Å²) in [7, 11) is 1.97. The number of nitrogens with one attached hydrogen (secondary N) is 1. The van der Waals surface area contributed by atoms with Crippen LogP contribution in [0.1, 0.15) is 17.2 Å². The van der Waals surface area contributed by atoms with E-state index < -0.39 is 0 Å². The van der Waals surface area contributed by atoms with Crippen molar-refractivity contribution in [2.24, 2.45) is 0 Å². The summed E-state index contributed by atoms with van der Waals surface area (Å²) in [6.07, 6.45) is 1.18. The number of benzene rings is 2. The Hall–Kier alpha value is -1.64. The Morgan fingerprint density at radius 1 is 1.11 bits per heavy atom. The van der Waals surface area contributed by atoms with E-state index in [1.807, 2.05) is 7.05 Å². The molecule has 1 atom stereocenters. The molecule has 0 fully saturated rings. The highest BCUT2D eigenvalue weighted by Crippen LogP contribution is 2.34. The molecule has 2 heteroatoms. The lowest BCUT2D eigenvalue weighted by Gasteiger charge is -2.28. The van der Waals surface area contributed by atoms with Crippen molar-refractivity contribution < 1.29 is 4.74 Å². The summed E-state index contributed by atoms with van der Waals surface area (Å²) < 4.78 is 5.87. The first-order valence-electron chi connectivity index (χ1n) is 6.83. The van der Waals surface area contributed by atoms with Gasteiger partial charge >= 0.3 is 0 Å². The van der Waals surface area contributed by atoms with Gasteiger partial charge < -0.3 is 10.1 Å². The van der Waals surface area contributed by atoms with E-state index in [4.69, 9.17) is 4.74 Å². The minimum atomic E-state index is 0.178. The number of rotatable bonds is 3. The molecule has 0 aliphatic carbocycles. The molecule has 1 N–H and O–H groups in total. The van der Waals surface area contributed by atoms with Crippen molar-refractivity contribution in [3.05, 3.63) is 59.7 Å². The van der Waals surface area contributed by atoms with Gasteiger partial charge in [0.05, 0.1) is 12.7 Å². The largest absolute Gasteiger partial charge is 0.372 e. The van der Waals surface area contributed by atoms with Gasteiger partial charge in [0.15, 0.2) is 0 Å². The van der Waals surface area contributed by atoms with E-state index >= 15 is 0 Å². The highest BCUT2D eigenvalue weighted by Gasteiger charge is 2.22. The van der Waals surface area contributed by atoms with Crippen LogP contribution in [0.3, 0.4) is 0 Å². The first kappa shape index (κ1) is 12.4. The van der Waals surface area contributed by atoms with Crippen LogP contribution in [-0.2, 0) is 11.2 Å². The van der Waals surface area contributed by atoms with Crippen molar-refractivity contribution in [3.8, 4) is 11.1 Å². The summed E-state index contributed by atoms with van der Waals surface area (Å²) in [5.74, 6) is 0. The van der Waals surface area contributed by atoms with E-state index in [9.17, 15) is 0 Å². The van der Waals surface area contributed by atoms with Crippen molar-refractivity contribution in [1.29, 1.82) is 0 Å². The highest BCUT2D eigenvalue weighted by molar-refractivity contribution is 5.69. The lowest BCUT2D eigenvalue weighted by molar-refractivity contribution is 0.0440. The molecule has 1 aliphatic rings. The maximum atomic E-state index is 5.87. The number of hydrogen-bond acceptors (Lipinski definition) is 2. The van der Waals surface area contributed by atoms with Gasteiger partial charge in [-0.05, 0) is 35.7 Å². The zero-order valence-corrected chi connectivity index (χ0v) is 11.2. The van der Waals surface area contributed by atoms with Crippen LogP contribution in [0, 0.1) is 0 Å². The molecule has 0 aromatic heterocycles. The van der Waals surface area contributed by atoms with Gasteiger partial charge in [-0.2, -0.15) is 0 Å².